The van der Waals surface area contributed by atoms with E-state index in [0.717, 1.165) is 42.5 Å². The first-order chi connectivity index (χ1) is 9.52. The first-order valence-electron chi connectivity index (χ1n) is 6.87. The molecular weight excluding hydrogens is 270 g/mol. The van der Waals surface area contributed by atoms with E-state index < -0.39 is 0 Å². The standard InChI is InChI=1S/C14H19N5S/c1-8(2)13-16-9(3)6-12(18-13)19-5-4-10-11(7-19)20-14(15)17-10/h6,8H,4-5,7H2,1-3H3,(H2,15,17). The second-order valence-electron chi connectivity index (χ2n) is 5.47. The Morgan fingerprint density at radius 1 is 1.30 bits per heavy atom. The van der Waals surface area contributed by atoms with E-state index in [-0.39, 0.29) is 0 Å². The molecule has 0 radical (unpaired) electrons. The molecule has 2 N–H and O–H groups in total. The Morgan fingerprint density at radius 2 is 2.10 bits per heavy atom. The van der Waals surface area contributed by atoms with Crippen molar-refractivity contribution in [2.45, 2.75) is 39.7 Å². The predicted molar refractivity (Wildman–Crippen MR) is 82.1 cm³/mol. The van der Waals surface area contributed by atoms with Crippen molar-refractivity contribution in [2.24, 2.45) is 0 Å². The zero-order valence-electron chi connectivity index (χ0n) is 12.1. The highest BCUT2D eigenvalue weighted by molar-refractivity contribution is 7.15. The minimum absolute atomic E-state index is 0.341. The molecule has 106 valence electrons. The highest BCUT2D eigenvalue weighted by Crippen LogP contribution is 2.29. The molecule has 0 atom stereocenters. The first kappa shape index (κ1) is 13.3. The van der Waals surface area contributed by atoms with Crippen LogP contribution in [0.25, 0.3) is 0 Å². The molecule has 0 amide bonds. The van der Waals surface area contributed by atoms with Gasteiger partial charge in [-0.1, -0.05) is 13.8 Å². The van der Waals surface area contributed by atoms with Crippen molar-refractivity contribution in [1.82, 2.24) is 15.0 Å². The monoisotopic (exact) mass is 289 g/mol. The van der Waals surface area contributed by atoms with Crippen molar-refractivity contribution < 1.29 is 0 Å². The number of thiazole rings is 1. The minimum atomic E-state index is 0.341. The van der Waals surface area contributed by atoms with Gasteiger partial charge >= 0.3 is 0 Å². The van der Waals surface area contributed by atoms with Crippen LogP contribution in [0.3, 0.4) is 0 Å². The largest absolute Gasteiger partial charge is 0.375 e. The Kier molecular flexibility index (Phi) is 3.33. The zero-order chi connectivity index (χ0) is 14.3. The van der Waals surface area contributed by atoms with E-state index in [0.29, 0.717) is 11.0 Å². The lowest BCUT2D eigenvalue weighted by Gasteiger charge is -2.27. The molecule has 0 aromatic carbocycles. The van der Waals surface area contributed by atoms with Crippen molar-refractivity contribution >= 4 is 22.3 Å². The smallest absolute Gasteiger partial charge is 0.180 e. The van der Waals surface area contributed by atoms with Gasteiger partial charge in [-0.05, 0) is 6.92 Å². The summed E-state index contributed by atoms with van der Waals surface area (Å²) >= 11 is 1.58. The number of nitrogen functional groups attached to an aromatic ring is 1. The Hall–Kier alpha value is -1.69. The van der Waals surface area contributed by atoms with Crippen molar-refractivity contribution in [3.05, 3.63) is 28.2 Å². The molecule has 2 aromatic rings. The first-order valence-corrected chi connectivity index (χ1v) is 7.69. The SMILES string of the molecule is Cc1cc(N2CCc3nc(N)sc3C2)nc(C(C)C)n1. The van der Waals surface area contributed by atoms with Gasteiger partial charge < -0.3 is 10.6 Å². The number of hydrogen-bond acceptors (Lipinski definition) is 6. The molecule has 0 saturated carbocycles. The molecule has 3 heterocycles. The van der Waals surface area contributed by atoms with Crippen LogP contribution in [0.15, 0.2) is 6.07 Å². The number of anilines is 2. The van der Waals surface area contributed by atoms with Crippen LogP contribution in [0, 0.1) is 6.92 Å². The number of rotatable bonds is 2. The second-order valence-corrected chi connectivity index (χ2v) is 6.59. The fraction of sp³-hybridized carbons (Fsp3) is 0.500. The molecule has 0 bridgehead atoms. The maximum Gasteiger partial charge on any atom is 0.180 e. The highest BCUT2D eigenvalue weighted by Gasteiger charge is 2.22. The van der Waals surface area contributed by atoms with Gasteiger partial charge in [0.15, 0.2) is 5.13 Å². The van der Waals surface area contributed by atoms with Crippen molar-refractivity contribution in [1.29, 1.82) is 0 Å². The average Bonchev–Trinajstić information content (AvgIpc) is 2.76. The van der Waals surface area contributed by atoms with E-state index in [4.69, 9.17) is 10.7 Å². The van der Waals surface area contributed by atoms with E-state index >= 15 is 0 Å². The van der Waals surface area contributed by atoms with E-state index in [9.17, 15) is 0 Å². The summed E-state index contributed by atoms with van der Waals surface area (Å²) in [4.78, 5) is 17.1. The van der Waals surface area contributed by atoms with Gasteiger partial charge in [-0.15, -0.1) is 11.3 Å². The van der Waals surface area contributed by atoms with Gasteiger partial charge in [0.1, 0.15) is 11.6 Å². The lowest BCUT2D eigenvalue weighted by molar-refractivity contribution is 0.699. The van der Waals surface area contributed by atoms with Crippen LogP contribution in [0.2, 0.25) is 0 Å². The van der Waals surface area contributed by atoms with Gasteiger partial charge in [-0.25, -0.2) is 15.0 Å². The maximum atomic E-state index is 5.79. The molecule has 1 aliphatic rings. The minimum Gasteiger partial charge on any atom is -0.375 e. The number of nitrogens with two attached hydrogens (primary N) is 1. The Morgan fingerprint density at radius 3 is 2.85 bits per heavy atom. The maximum absolute atomic E-state index is 5.79. The Balaban J connectivity index is 1.91. The third-order valence-corrected chi connectivity index (χ3v) is 4.36. The summed E-state index contributed by atoms with van der Waals surface area (Å²) in [5.41, 5.74) is 7.97. The topological polar surface area (TPSA) is 67.9 Å². The molecule has 0 fully saturated rings. The summed E-state index contributed by atoms with van der Waals surface area (Å²) < 4.78 is 0. The molecule has 6 heteroatoms. The van der Waals surface area contributed by atoms with Crippen LogP contribution in [0.1, 0.15) is 41.9 Å². The molecule has 20 heavy (non-hydrogen) atoms. The van der Waals surface area contributed by atoms with E-state index in [1.54, 1.807) is 11.3 Å². The van der Waals surface area contributed by atoms with E-state index in [1.165, 1.54) is 4.88 Å². The summed E-state index contributed by atoms with van der Waals surface area (Å²) in [5.74, 6) is 2.27. The van der Waals surface area contributed by atoms with Gasteiger partial charge in [0.2, 0.25) is 0 Å². The van der Waals surface area contributed by atoms with Crippen molar-refractivity contribution in [3.63, 3.8) is 0 Å². The average molecular weight is 289 g/mol. The number of fused-ring (bicyclic) bond motifs is 1. The highest BCUT2D eigenvalue weighted by atomic mass is 32.1. The fourth-order valence-corrected chi connectivity index (χ4v) is 3.30. The van der Waals surface area contributed by atoms with Gasteiger partial charge in [-0.2, -0.15) is 0 Å². The van der Waals surface area contributed by atoms with Crippen LogP contribution in [0.5, 0.6) is 0 Å². The summed E-state index contributed by atoms with van der Waals surface area (Å²) in [6, 6.07) is 2.06. The summed E-state index contributed by atoms with van der Waals surface area (Å²) in [6.07, 6.45) is 0.934. The molecule has 0 saturated heterocycles. The molecule has 1 aliphatic heterocycles. The molecule has 3 rings (SSSR count). The third kappa shape index (κ3) is 2.47. The quantitative estimate of drug-likeness (QED) is 0.920. The number of nitrogens with zero attached hydrogens (tertiary/aromatic N) is 4. The van der Waals surface area contributed by atoms with Crippen molar-refractivity contribution in [3.8, 4) is 0 Å². The second kappa shape index (κ2) is 5.01. The third-order valence-electron chi connectivity index (χ3n) is 3.45. The molecule has 0 aliphatic carbocycles. The molecular formula is C14H19N5S. The summed E-state index contributed by atoms with van der Waals surface area (Å²) in [7, 11) is 0. The van der Waals surface area contributed by atoms with Crippen LogP contribution < -0.4 is 10.6 Å². The molecule has 0 unspecified atom stereocenters. The van der Waals surface area contributed by atoms with Crippen LogP contribution in [-0.4, -0.2) is 21.5 Å². The van der Waals surface area contributed by atoms with Gasteiger partial charge in [0.05, 0.1) is 12.2 Å². The van der Waals surface area contributed by atoms with E-state index in [2.05, 4.69) is 34.8 Å². The fourth-order valence-electron chi connectivity index (χ4n) is 2.41. The predicted octanol–water partition coefficient (Wildman–Crippen LogP) is 2.51. The van der Waals surface area contributed by atoms with Crippen LogP contribution in [0.4, 0.5) is 10.9 Å². The van der Waals surface area contributed by atoms with Crippen LogP contribution in [-0.2, 0) is 13.0 Å². The zero-order valence-corrected chi connectivity index (χ0v) is 12.9. The van der Waals surface area contributed by atoms with Crippen LogP contribution >= 0.6 is 11.3 Å². The number of aromatic nitrogens is 3. The number of aryl methyl sites for hydroxylation is 1. The lowest BCUT2D eigenvalue weighted by Crippen LogP contribution is -2.30. The van der Waals surface area contributed by atoms with Gasteiger partial charge in [0, 0.05) is 35.5 Å². The molecule has 2 aromatic heterocycles. The summed E-state index contributed by atoms with van der Waals surface area (Å²) in [5, 5.41) is 0.665. The molecule has 0 spiro atoms. The number of hydrogen-bond donors (Lipinski definition) is 1. The van der Waals surface area contributed by atoms with Crippen molar-refractivity contribution in [2.75, 3.05) is 17.2 Å². The summed E-state index contributed by atoms with van der Waals surface area (Å²) in [6.45, 7) is 8.05. The Bertz CT molecular complexity index is 634. The molecule has 5 nitrogen and oxygen atoms in total. The lowest BCUT2D eigenvalue weighted by atomic mass is 10.1. The van der Waals surface area contributed by atoms with E-state index in [1.807, 2.05) is 6.92 Å². The Labute approximate surface area is 122 Å². The normalized spacial score (nSPS) is 14.7. The van der Waals surface area contributed by atoms with Gasteiger partial charge in [-0.3, -0.25) is 0 Å². The van der Waals surface area contributed by atoms with Gasteiger partial charge in [0.25, 0.3) is 0 Å².